The Balaban J connectivity index is 2.19. The second-order valence-corrected chi connectivity index (χ2v) is 9.60. The maximum Gasteiger partial charge on any atom is 0.310 e. The first-order valence-electron chi connectivity index (χ1n) is 9.35. The maximum atomic E-state index is 13.2. The van der Waals surface area contributed by atoms with Crippen LogP contribution in [0.1, 0.15) is 38.7 Å². The number of aliphatic carboxylic acids is 1. The van der Waals surface area contributed by atoms with Crippen molar-refractivity contribution in [2.24, 2.45) is 5.41 Å². The van der Waals surface area contributed by atoms with E-state index in [1.54, 1.807) is 12.1 Å². The minimum Gasteiger partial charge on any atom is -0.497 e. The van der Waals surface area contributed by atoms with E-state index >= 15 is 0 Å². The zero-order valence-corrected chi connectivity index (χ0v) is 17.4. The summed E-state index contributed by atoms with van der Waals surface area (Å²) in [6, 6.07) is 16.1. The van der Waals surface area contributed by atoms with Crippen molar-refractivity contribution in [3.8, 4) is 5.75 Å². The van der Waals surface area contributed by atoms with E-state index in [1.807, 2.05) is 30.3 Å². The SMILES string of the molecule is COc1ccc(S(=O)(=O)C(CCCCc2ccccc2)C(C)(C)C(=O)O)cc1. The fourth-order valence-corrected chi connectivity index (χ4v) is 5.47. The molecule has 2 aromatic carbocycles. The Hall–Kier alpha value is -2.34. The minimum atomic E-state index is -3.81. The van der Waals surface area contributed by atoms with Gasteiger partial charge in [0.15, 0.2) is 9.84 Å². The van der Waals surface area contributed by atoms with E-state index in [1.165, 1.54) is 38.7 Å². The van der Waals surface area contributed by atoms with Crippen LogP contribution in [0.15, 0.2) is 59.5 Å². The Morgan fingerprint density at radius 3 is 2.18 bits per heavy atom. The molecule has 0 heterocycles. The molecule has 0 radical (unpaired) electrons. The number of sulfone groups is 1. The summed E-state index contributed by atoms with van der Waals surface area (Å²) < 4.78 is 31.6. The van der Waals surface area contributed by atoms with Crippen LogP contribution in [-0.4, -0.2) is 31.9 Å². The van der Waals surface area contributed by atoms with Crippen LogP contribution in [0.4, 0.5) is 0 Å². The standard InChI is InChI=1S/C22H28O5S/c1-22(2,21(23)24)20(12-8-7-11-17-9-5-4-6-10-17)28(25,26)19-15-13-18(27-3)14-16-19/h4-6,9-10,13-16,20H,7-8,11-12H2,1-3H3,(H,23,24). The first kappa shape index (κ1) is 22.0. The van der Waals surface area contributed by atoms with Gasteiger partial charge in [-0.3, -0.25) is 4.79 Å². The van der Waals surface area contributed by atoms with Gasteiger partial charge in [0.2, 0.25) is 0 Å². The number of hydrogen-bond donors (Lipinski definition) is 1. The Kier molecular flexibility index (Phi) is 7.24. The van der Waals surface area contributed by atoms with Gasteiger partial charge in [-0.2, -0.15) is 0 Å². The molecule has 28 heavy (non-hydrogen) atoms. The number of rotatable bonds is 10. The molecule has 0 saturated heterocycles. The molecule has 1 N–H and O–H groups in total. The van der Waals surface area contributed by atoms with Crippen LogP contribution in [-0.2, 0) is 21.1 Å². The number of aryl methyl sites for hydroxylation is 1. The van der Waals surface area contributed by atoms with Crippen molar-refractivity contribution >= 4 is 15.8 Å². The van der Waals surface area contributed by atoms with Crippen molar-refractivity contribution in [1.29, 1.82) is 0 Å². The fourth-order valence-electron chi connectivity index (χ4n) is 3.27. The quantitative estimate of drug-likeness (QED) is 0.595. The summed E-state index contributed by atoms with van der Waals surface area (Å²) in [7, 11) is -2.30. The maximum absolute atomic E-state index is 13.2. The minimum absolute atomic E-state index is 0.121. The van der Waals surface area contributed by atoms with Gasteiger partial charge in [-0.05, 0) is 62.9 Å². The van der Waals surface area contributed by atoms with Crippen molar-refractivity contribution in [3.05, 3.63) is 60.2 Å². The lowest BCUT2D eigenvalue weighted by atomic mass is 9.86. The lowest BCUT2D eigenvalue weighted by Gasteiger charge is -2.30. The van der Waals surface area contributed by atoms with Crippen LogP contribution in [0, 0.1) is 5.41 Å². The predicted molar refractivity (Wildman–Crippen MR) is 109 cm³/mol. The monoisotopic (exact) mass is 404 g/mol. The van der Waals surface area contributed by atoms with Crippen molar-refractivity contribution in [2.75, 3.05) is 7.11 Å². The highest BCUT2D eigenvalue weighted by atomic mass is 32.2. The molecule has 0 aliphatic rings. The summed E-state index contributed by atoms with van der Waals surface area (Å²) in [4.78, 5) is 11.9. The highest BCUT2D eigenvalue weighted by Gasteiger charge is 2.45. The number of unbranched alkanes of at least 4 members (excludes halogenated alkanes) is 1. The highest BCUT2D eigenvalue weighted by Crippen LogP contribution is 2.35. The van der Waals surface area contributed by atoms with Gasteiger partial charge in [0.1, 0.15) is 5.75 Å². The summed E-state index contributed by atoms with van der Waals surface area (Å²) in [6.45, 7) is 2.97. The van der Waals surface area contributed by atoms with E-state index in [2.05, 4.69) is 0 Å². The predicted octanol–water partition coefficient (Wildman–Crippen LogP) is 4.36. The van der Waals surface area contributed by atoms with Crippen molar-refractivity contribution in [1.82, 2.24) is 0 Å². The van der Waals surface area contributed by atoms with Gasteiger partial charge in [0.05, 0.1) is 22.7 Å². The largest absolute Gasteiger partial charge is 0.497 e. The molecule has 2 aromatic rings. The number of ether oxygens (including phenoxy) is 1. The zero-order valence-electron chi connectivity index (χ0n) is 16.6. The summed E-state index contributed by atoms with van der Waals surface area (Å²) in [6.07, 6.45) is 2.56. The average molecular weight is 405 g/mol. The normalized spacial score (nSPS) is 13.1. The van der Waals surface area contributed by atoms with Gasteiger partial charge in [-0.15, -0.1) is 0 Å². The first-order valence-corrected chi connectivity index (χ1v) is 10.9. The average Bonchev–Trinajstić information content (AvgIpc) is 2.68. The molecule has 152 valence electrons. The number of carboxylic acid groups (broad SMARTS) is 1. The Bertz CT molecular complexity index is 871. The summed E-state index contributed by atoms with van der Waals surface area (Å²) in [5.74, 6) is -0.562. The smallest absolute Gasteiger partial charge is 0.310 e. The van der Waals surface area contributed by atoms with Gasteiger partial charge < -0.3 is 9.84 Å². The second kappa shape index (κ2) is 9.24. The fraction of sp³-hybridized carbons (Fsp3) is 0.409. The van der Waals surface area contributed by atoms with Crippen LogP contribution in [0.25, 0.3) is 0 Å². The molecular formula is C22H28O5S. The Labute approximate surface area is 167 Å². The van der Waals surface area contributed by atoms with Gasteiger partial charge in [0.25, 0.3) is 0 Å². The van der Waals surface area contributed by atoms with Crippen LogP contribution in [0.2, 0.25) is 0 Å². The highest BCUT2D eigenvalue weighted by molar-refractivity contribution is 7.92. The topological polar surface area (TPSA) is 80.7 Å². The van der Waals surface area contributed by atoms with E-state index in [0.29, 0.717) is 18.6 Å². The van der Waals surface area contributed by atoms with E-state index in [-0.39, 0.29) is 4.90 Å². The lowest BCUT2D eigenvalue weighted by Crippen LogP contribution is -2.42. The molecule has 0 bridgehead atoms. The molecule has 0 spiro atoms. The number of benzene rings is 2. The number of hydrogen-bond acceptors (Lipinski definition) is 4. The van der Waals surface area contributed by atoms with Gasteiger partial charge >= 0.3 is 5.97 Å². The molecule has 0 aromatic heterocycles. The van der Waals surface area contributed by atoms with Crippen LogP contribution in [0.5, 0.6) is 5.75 Å². The molecule has 0 fully saturated rings. The van der Waals surface area contributed by atoms with Gasteiger partial charge in [0, 0.05) is 0 Å². The van der Waals surface area contributed by atoms with Crippen molar-refractivity contribution in [3.63, 3.8) is 0 Å². The molecule has 0 aliphatic carbocycles. The van der Waals surface area contributed by atoms with Crippen LogP contribution < -0.4 is 4.74 Å². The second-order valence-electron chi connectivity index (χ2n) is 7.47. The van der Waals surface area contributed by atoms with Crippen LogP contribution >= 0.6 is 0 Å². The molecule has 2 rings (SSSR count). The van der Waals surface area contributed by atoms with Gasteiger partial charge in [-0.1, -0.05) is 36.8 Å². The third kappa shape index (κ3) is 5.13. The summed E-state index contributed by atoms with van der Waals surface area (Å²) >= 11 is 0. The molecular weight excluding hydrogens is 376 g/mol. The molecule has 1 atom stereocenters. The molecule has 5 nitrogen and oxygen atoms in total. The summed E-state index contributed by atoms with van der Waals surface area (Å²) in [5, 5.41) is 8.64. The molecule has 1 unspecified atom stereocenters. The summed E-state index contributed by atoms with van der Waals surface area (Å²) in [5.41, 5.74) is -0.208. The third-order valence-electron chi connectivity index (χ3n) is 5.14. The molecule has 0 aliphatic heterocycles. The lowest BCUT2D eigenvalue weighted by molar-refractivity contribution is -0.147. The third-order valence-corrected chi connectivity index (χ3v) is 7.65. The van der Waals surface area contributed by atoms with Gasteiger partial charge in [-0.25, -0.2) is 8.42 Å². The van der Waals surface area contributed by atoms with E-state index in [0.717, 1.165) is 12.8 Å². The number of methoxy groups -OCH3 is 1. The van der Waals surface area contributed by atoms with E-state index in [4.69, 9.17) is 4.74 Å². The first-order chi connectivity index (χ1) is 13.2. The zero-order chi connectivity index (χ0) is 20.8. The molecule has 6 heteroatoms. The molecule has 0 saturated carbocycles. The van der Waals surface area contributed by atoms with Crippen LogP contribution in [0.3, 0.4) is 0 Å². The van der Waals surface area contributed by atoms with Crippen molar-refractivity contribution in [2.45, 2.75) is 49.7 Å². The number of carbonyl (C=O) groups is 1. The van der Waals surface area contributed by atoms with E-state index < -0.39 is 26.5 Å². The molecule has 0 amide bonds. The Morgan fingerprint density at radius 2 is 1.64 bits per heavy atom. The van der Waals surface area contributed by atoms with E-state index in [9.17, 15) is 18.3 Å². The Morgan fingerprint density at radius 1 is 1.04 bits per heavy atom. The number of carboxylic acids is 1. The van der Waals surface area contributed by atoms with Crippen molar-refractivity contribution < 1.29 is 23.1 Å².